The predicted molar refractivity (Wildman–Crippen MR) is 573 cm³/mol. The monoisotopic (exact) mass is 1890 g/mol. The zero-order valence-electron chi connectivity index (χ0n) is 88.9. The smallest absolute Gasteiger partial charge is 0.302 e. The molecule has 0 saturated heterocycles. The van der Waals surface area contributed by atoms with Gasteiger partial charge < -0.3 is 56.1 Å². The van der Waals surface area contributed by atoms with Gasteiger partial charge in [0, 0.05) is 44.9 Å². The number of ether oxygens (including phenoxy) is 2. The molecule has 3 N–H and O–H groups in total. The number of hydrogen-bond donors (Lipinski definition) is 3. The lowest BCUT2D eigenvalue weighted by Crippen LogP contribution is -2.35. The number of aryl methyl sites for hydroxylation is 1. The van der Waals surface area contributed by atoms with Gasteiger partial charge in [-0.05, 0) is 290 Å². The molecule has 0 aromatic heterocycles. The Morgan fingerprint density at radius 1 is 0.315 bits per heavy atom. The fourth-order valence-corrected chi connectivity index (χ4v) is 21.0. The average molecular weight is 1890 g/mol. The molecule has 0 unspecified atom stereocenters. The van der Waals surface area contributed by atoms with Gasteiger partial charge in [-0.25, -0.2) is 0 Å². The number of aliphatic hydroxyl groups is 2. The first-order valence-corrected chi connectivity index (χ1v) is 65.5. The maximum absolute atomic E-state index is 10.8. The van der Waals surface area contributed by atoms with Gasteiger partial charge in [-0.1, -0.05) is 287 Å². The van der Waals surface area contributed by atoms with E-state index in [4.69, 9.17) is 51.3 Å². The van der Waals surface area contributed by atoms with Crippen LogP contribution in [0.2, 0.25) is 115 Å². The molecule has 8 aromatic carbocycles. The third-order valence-electron chi connectivity index (χ3n) is 21.1. The van der Waals surface area contributed by atoms with E-state index in [0.29, 0.717) is 24.5 Å². The molecular formula is C111H180O13Si6. The summed E-state index contributed by atoms with van der Waals surface area (Å²) in [5, 5.41) is 27.0. The number of phenolic OH excluding ortho intramolecular Hbond substituents is 1. The average Bonchev–Trinajstić information content (AvgIpc) is 0.871. The van der Waals surface area contributed by atoms with Crippen LogP contribution < -0.4 is 26.6 Å². The quantitative estimate of drug-likeness (QED) is 0.0193. The van der Waals surface area contributed by atoms with Crippen LogP contribution in [-0.2, 0) is 62.4 Å². The Bertz CT molecular complexity index is 4280. The first kappa shape index (κ1) is 120. The molecule has 0 aliphatic carbocycles. The molecule has 130 heavy (non-hydrogen) atoms. The second-order valence-corrected chi connectivity index (χ2v) is 71.5. The highest BCUT2D eigenvalue weighted by Gasteiger charge is 2.31. The first-order chi connectivity index (χ1) is 59.2. The molecular weight excluding hydrogens is 1710 g/mol. The summed E-state index contributed by atoms with van der Waals surface area (Å²) in [6.45, 7) is 91.8. The molecule has 0 amide bonds. The Morgan fingerprint density at radius 3 is 0.700 bits per heavy atom. The molecule has 0 atom stereocenters. The van der Waals surface area contributed by atoms with E-state index in [1.807, 2.05) is 66.7 Å². The van der Waals surface area contributed by atoms with Crippen LogP contribution in [0.1, 0.15) is 237 Å². The van der Waals surface area contributed by atoms with E-state index in [0.717, 1.165) is 77.6 Å². The molecule has 8 aromatic rings. The van der Waals surface area contributed by atoms with Gasteiger partial charge in [0.25, 0.3) is 8.32 Å². The van der Waals surface area contributed by atoms with Crippen molar-refractivity contribution in [3.63, 3.8) is 0 Å². The van der Waals surface area contributed by atoms with E-state index in [1.54, 1.807) is 12.1 Å². The maximum atomic E-state index is 10.8. The SMILES string of the molecule is C=CC[Si](C)(C)Oc1ccc(C(C)(C)C)cc1.CC(=O)OCC[Si](C)(C)Oc1ccc(C(C)(C)C)cc1.CC(C)(C)c1ccc(O)cc1.CC(C)(C)c1ccc(O[Si](C)(C)CC=O)cc1.CC(C)(C)c1ccc(O[Si](C)(C)CCO)cc1.CC(C)(C)c1ccc(O[Si](C)(C)CCO)cc1.CC(C)OCC[Si](C)(C)Oc1ccc(C(C)(C)C)cc1.Cc1ccc(C(C)(C)C)cc1. The van der Waals surface area contributed by atoms with Gasteiger partial charge in [0.2, 0.25) is 41.6 Å². The topological polar surface area (TPSA) is 169 Å². The number of carbonyl (C=O) groups excluding carboxylic acids is 2. The van der Waals surface area contributed by atoms with Crippen LogP contribution in [0.15, 0.2) is 207 Å². The fraction of sp³-hybridized carbons (Fsp3) is 0.532. The molecule has 8 rings (SSSR count). The molecule has 0 bridgehead atoms. The summed E-state index contributed by atoms with van der Waals surface area (Å²) in [4.78, 5) is 21.3. The number of hydrogen-bond acceptors (Lipinski definition) is 13. The van der Waals surface area contributed by atoms with Crippen molar-refractivity contribution in [2.75, 3.05) is 26.4 Å². The van der Waals surface area contributed by atoms with Crippen molar-refractivity contribution in [3.05, 3.63) is 257 Å². The normalized spacial score (nSPS) is 12.3. The van der Waals surface area contributed by atoms with E-state index < -0.39 is 49.9 Å². The molecule has 0 aliphatic rings. The number of aldehydes is 1. The summed E-state index contributed by atoms with van der Waals surface area (Å²) in [7, 11) is -10.6. The summed E-state index contributed by atoms with van der Waals surface area (Å²) < 4.78 is 46.9. The molecule has 0 radical (unpaired) electrons. The fourth-order valence-electron chi connectivity index (χ4n) is 12.4. The van der Waals surface area contributed by atoms with Crippen LogP contribution in [0.3, 0.4) is 0 Å². The van der Waals surface area contributed by atoms with Crippen LogP contribution >= 0.6 is 0 Å². The lowest BCUT2D eigenvalue weighted by molar-refractivity contribution is -0.140. The van der Waals surface area contributed by atoms with Crippen molar-refractivity contribution in [2.24, 2.45) is 0 Å². The zero-order valence-corrected chi connectivity index (χ0v) is 94.9. The van der Waals surface area contributed by atoms with Crippen LogP contribution in [0.5, 0.6) is 40.2 Å². The predicted octanol–water partition coefficient (Wildman–Crippen LogP) is 30.7. The molecule has 726 valence electrons. The minimum atomic E-state index is -1.88. The second kappa shape index (κ2) is 52.9. The van der Waals surface area contributed by atoms with Crippen molar-refractivity contribution < 1.29 is 60.9 Å². The van der Waals surface area contributed by atoms with Crippen molar-refractivity contribution in [1.82, 2.24) is 0 Å². The Hall–Kier alpha value is -7.58. The zero-order chi connectivity index (χ0) is 100. The molecule has 0 fully saturated rings. The largest absolute Gasteiger partial charge is 0.544 e. The van der Waals surface area contributed by atoms with E-state index in [-0.39, 0.29) is 62.5 Å². The number of aliphatic hydroxyl groups excluding tert-OH is 2. The molecule has 0 aliphatic heterocycles. The highest BCUT2D eigenvalue weighted by molar-refractivity contribution is 6.74. The number of phenols is 1. The minimum Gasteiger partial charge on any atom is -0.544 e. The van der Waals surface area contributed by atoms with Gasteiger partial charge in [0.05, 0.1) is 12.7 Å². The molecule has 0 heterocycles. The third-order valence-corrected chi connectivity index (χ3v) is 34.0. The molecule has 0 saturated carbocycles. The number of allylic oxidation sites excluding steroid dienone is 1. The summed E-state index contributed by atoms with van der Waals surface area (Å²) in [5.41, 5.74) is 13.4. The summed E-state index contributed by atoms with van der Waals surface area (Å²) in [6.07, 6.45) is 3.21. The van der Waals surface area contributed by atoms with Gasteiger partial charge >= 0.3 is 5.97 Å². The minimum absolute atomic E-state index is 0.154. The number of aromatic hydroxyl groups is 1. The lowest BCUT2D eigenvalue weighted by atomic mass is 9.87. The molecule has 13 nitrogen and oxygen atoms in total. The number of rotatable bonds is 27. The summed E-state index contributed by atoms with van der Waals surface area (Å²) in [5.74, 6) is 5.68. The Kier molecular flexibility index (Phi) is 49.0. The second-order valence-electron chi connectivity index (χ2n) is 46.3. The molecule has 0 spiro atoms. The number of benzene rings is 8. The van der Waals surface area contributed by atoms with Crippen LogP contribution in [0.4, 0.5) is 0 Å². The van der Waals surface area contributed by atoms with E-state index in [9.17, 15) is 9.59 Å². The van der Waals surface area contributed by atoms with Crippen molar-refractivity contribution >= 4 is 62.2 Å². The first-order valence-electron chi connectivity index (χ1n) is 46.8. The maximum Gasteiger partial charge on any atom is 0.302 e. The number of carbonyl (C=O) groups is 2. The van der Waals surface area contributed by atoms with E-state index in [2.05, 4.69) is 393 Å². The van der Waals surface area contributed by atoms with Gasteiger partial charge in [0.1, 0.15) is 46.5 Å². The third kappa shape index (κ3) is 52.8. The Labute approximate surface area is 799 Å². The van der Waals surface area contributed by atoms with Crippen LogP contribution in [-0.4, -0.2) is 110 Å². The van der Waals surface area contributed by atoms with Gasteiger partial charge in [-0.3, -0.25) is 4.79 Å². The molecule has 19 heteroatoms. The van der Waals surface area contributed by atoms with Crippen molar-refractivity contribution in [2.45, 2.75) is 358 Å². The lowest BCUT2D eigenvalue weighted by Gasteiger charge is -2.25. The van der Waals surface area contributed by atoms with Gasteiger partial charge in [-0.2, -0.15) is 0 Å². The van der Waals surface area contributed by atoms with Crippen molar-refractivity contribution in [1.29, 1.82) is 0 Å². The van der Waals surface area contributed by atoms with Gasteiger partial charge in [0.15, 0.2) is 0 Å². The Morgan fingerprint density at radius 2 is 0.508 bits per heavy atom. The van der Waals surface area contributed by atoms with Crippen molar-refractivity contribution in [3.8, 4) is 40.2 Å². The number of esters is 1. The van der Waals surface area contributed by atoms with Crippen LogP contribution in [0, 0.1) is 6.92 Å². The highest BCUT2D eigenvalue weighted by Crippen LogP contribution is 2.34. The highest BCUT2D eigenvalue weighted by atomic mass is 28.4. The van der Waals surface area contributed by atoms with Crippen LogP contribution in [0.25, 0.3) is 0 Å². The summed E-state index contributed by atoms with van der Waals surface area (Å²) in [6, 6.07) is 71.1. The Balaban J connectivity index is 0.000000748. The van der Waals surface area contributed by atoms with Gasteiger partial charge in [-0.15, -0.1) is 6.58 Å². The standard InChI is InChI=1S/C17H30O2Si.C16H26O3Si.C15H24OSi.2C14H24O2Si.C14H22O2Si.C11H16.C10H14O/c1-14(2)18-12-13-20(6,7)19-16-10-8-15(9-11-16)17(3,4)5;1-13(17)18-11-12-20(5,6)19-15-9-7-14(8-10-15)16(2,3)4;1-7-12-17(5,6)16-14-10-8-13(9-11-14)15(2,3)4;3*1-14(2,3)12-6-8-13(9-7-12)16-17(4,5)11-10-15;1-9-5-7-10(8-6-9)11(2,3)4;1-10(2,3)8-4-6-9(11)7-5-8/h8-11,14H,12-13H2,1-7H3;7-10H,11-12H2,1-6H3;7-11H,1,12H2,2-6H3;2*6-9,15H,10-11H2,1-5H3;6-10H,11H2,1-5H3;5-8H,1-4H3;4-7,11H,1-3H3. The van der Waals surface area contributed by atoms with E-state index in [1.165, 1.54) is 57.0 Å². The van der Waals surface area contributed by atoms with E-state index >= 15 is 0 Å². The summed E-state index contributed by atoms with van der Waals surface area (Å²) >= 11 is 0.